The van der Waals surface area contributed by atoms with Gasteiger partial charge in [0.25, 0.3) is 0 Å². The average molecular weight is 198 g/mol. The predicted molar refractivity (Wildman–Crippen MR) is 66.5 cm³/mol. The van der Waals surface area contributed by atoms with Crippen molar-refractivity contribution in [2.24, 2.45) is 17.3 Å². The third kappa shape index (κ3) is 5.67. The third-order valence-corrected chi connectivity index (χ3v) is 3.57. The zero-order chi connectivity index (χ0) is 11.2. The lowest BCUT2D eigenvalue weighted by Crippen LogP contribution is -2.21. The Morgan fingerprint density at radius 2 is 1.50 bits per heavy atom. The normalized spacial score (nSPS) is 16.7. The maximum atomic E-state index is 2.39. The molecule has 0 aliphatic heterocycles. The first-order valence-corrected chi connectivity index (χ1v) is 6.41. The van der Waals surface area contributed by atoms with Crippen LogP contribution in [0.4, 0.5) is 0 Å². The monoisotopic (exact) mass is 198 g/mol. The molecule has 2 unspecified atom stereocenters. The van der Waals surface area contributed by atoms with Crippen molar-refractivity contribution in [2.75, 3.05) is 0 Å². The van der Waals surface area contributed by atoms with Crippen molar-refractivity contribution in [3.05, 3.63) is 0 Å². The summed E-state index contributed by atoms with van der Waals surface area (Å²) in [6.45, 7) is 14.2. The number of hydrogen-bond donors (Lipinski definition) is 0. The van der Waals surface area contributed by atoms with Crippen molar-refractivity contribution in [3.8, 4) is 0 Å². The second-order valence-electron chi connectivity index (χ2n) is 5.94. The topological polar surface area (TPSA) is 0 Å². The van der Waals surface area contributed by atoms with Crippen LogP contribution in [0.3, 0.4) is 0 Å². The Morgan fingerprint density at radius 3 is 1.86 bits per heavy atom. The summed E-state index contributed by atoms with van der Waals surface area (Å²) in [7, 11) is 0. The maximum Gasteiger partial charge on any atom is -0.0354 e. The van der Waals surface area contributed by atoms with E-state index in [-0.39, 0.29) is 0 Å². The number of rotatable bonds is 6. The van der Waals surface area contributed by atoms with Gasteiger partial charge in [0, 0.05) is 0 Å². The molecule has 0 aliphatic rings. The van der Waals surface area contributed by atoms with Gasteiger partial charge in [0.2, 0.25) is 0 Å². The molecule has 0 bridgehead atoms. The van der Waals surface area contributed by atoms with Crippen molar-refractivity contribution in [1.29, 1.82) is 0 Å². The van der Waals surface area contributed by atoms with Gasteiger partial charge in [0.05, 0.1) is 0 Å². The molecule has 0 rings (SSSR count). The van der Waals surface area contributed by atoms with E-state index in [9.17, 15) is 0 Å². The molecule has 0 aromatic carbocycles. The average Bonchev–Trinajstić information content (AvgIpc) is 2.09. The van der Waals surface area contributed by atoms with Crippen molar-refractivity contribution in [3.63, 3.8) is 0 Å². The van der Waals surface area contributed by atoms with Gasteiger partial charge in [-0.1, -0.05) is 67.2 Å². The van der Waals surface area contributed by atoms with E-state index in [0.717, 1.165) is 11.8 Å². The molecule has 0 aromatic rings. The molecule has 14 heavy (non-hydrogen) atoms. The van der Waals surface area contributed by atoms with Crippen LogP contribution in [-0.4, -0.2) is 0 Å². The van der Waals surface area contributed by atoms with Crippen LogP contribution in [0.15, 0.2) is 0 Å². The second-order valence-corrected chi connectivity index (χ2v) is 5.94. The van der Waals surface area contributed by atoms with Crippen LogP contribution < -0.4 is 0 Å². The molecule has 0 saturated heterocycles. The quantitative estimate of drug-likeness (QED) is 0.545. The van der Waals surface area contributed by atoms with Crippen LogP contribution in [0, 0.1) is 17.3 Å². The van der Waals surface area contributed by atoms with E-state index < -0.39 is 0 Å². The van der Waals surface area contributed by atoms with E-state index in [1.807, 2.05) is 0 Å². The van der Waals surface area contributed by atoms with Crippen LogP contribution in [0.1, 0.15) is 73.6 Å². The zero-order valence-electron chi connectivity index (χ0n) is 11.2. The summed E-state index contributed by atoms with van der Waals surface area (Å²) in [4.78, 5) is 0. The highest BCUT2D eigenvalue weighted by Crippen LogP contribution is 2.34. The molecule has 0 fully saturated rings. The second kappa shape index (κ2) is 6.48. The maximum absolute atomic E-state index is 2.39. The van der Waals surface area contributed by atoms with Gasteiger partial charge in [0.15, 0.2) is 0 Å². The van der Waals surface area contributed by atoms with Crippen molar-refractivity contribution < 1.29 is 0 Å². The van der Waals surface area contributed by atoms with E-state index in [1.165, 1.54) is 32.1 Å². The molecular weight excluding hydrogens is 168 g/mol. The minimum absolute atomic E-state index is 0.503. The third-order valence-electron chi connectivity index (χ3n) is 3.57. The highest BCUT2D eigenvalue weighted by atomic mass is 14.3. The Balaban J connectivity index is 3.98. The van der Waals surface area contributed by atoms with Crippen LogP contribution >= 0.6 is 0 Å². The van der Waals surface area contributed by atoms with Gasteiger partial charge in [0.1, 0.15) is 0 Å². The molecule has 86 valence electrons. The zero-order valence-corrected chi connectivity index (χ0v) is 11.2. The molecule has 2 atom stereocenters. The fourth-order valence-corrected chi connectivity index (χ4v) is 2.05. The summed E-state index contributed by atoms with van der Waals surface area (Å²) in [6, 6.07) is 0. The Labute approximate surface area is 91.5 Å². The first kappa shape index (κ1) is 14.0. The van der Waals surface area contributed by atoms with Gasteiger partial charge in [-0.3, -0.25) is 0 Å². The molecule has 0 aliphatic carbocycles. The molecule has 0 saturated carbocycles. The lowest BCUT2D eigenvalue weighted by Gasteiger charge is -2.31. The molecule has 0 N–H and O–H groups in total. The summed E-state index contributed by atoms with van der Waals surface area (Å²) in [6.07, 6.45) is 6.91. The fraction of sp³-hybridized carbons (Fsp3) is 1.00. The van der Waals surface area contributed by atoms with Gasteiger partial charge in [-0.2, -0.15) is 0 Å². The van der Waals surface area contributed by atoms with E-state index in [1.54, 1.807) is 0 Å². The standard InChI is InChI=1S/C14H30/c1-7-9-13(14(4,5)6)11-10-12(3)8-2/h12-13H,7-11H2,1-6H3. The molecule has 0 aromatic heterocycles. The van der Waals surface area contributed by atoms with E-state index in [4.69, 9.17) is 0 Å². The SMILES string of the molecule is CCCC(CCC(C)CC)C(C)(C)C. The smallest absolute Gasteiger partial charge is 0.0354 e. The summed E-state index contributed by atoms with van der Waals surface area (Å²) in [5.74, 6) is 1.83. The Hall–Kier alpha value is 0. The largest absolute Gasteiger partial charge is 0.0654 e. The Kier molecular flexibility index (Phi) is 6.48. The van der Waals surface area contributed by atoms with E-state index >= 15 is 0 Å². The molecule has 0 radical (unpaired) electrons. The minimum Gasteiger partial charge on any atom is -0.0654 e. The van der Waals surface area contributed by atoms with Gasteiger partial charge >= 0.3 is 0 Å². The molecule has 0 heterocycles. The molecule has 0 heteroatoms. The van der Waals surface area contributed by atoms with E-state index in [0.29, 0.717) is 5.41 Å². The van der Waals surface area contributed by atoms with Crippen molar-refractivity contribution in [1.82, 2.24) is 0 Å². The minimum atomic E-state index is 0.503. The summed E-state index contributed by atoms with van der Waals surface area (Å²) < 4.78 is 0. The molecule has 0 spiro atoms. The highest BCUT2D eigenvalue weighted by molar-refractivity contribution is 4.74. The van der Waals surface area contributed by atoms with Gasteiger partial charge in [-0.05, 0) is 23.7 Å². The first-order chi connectivity index (χ1) is 6.41. The van der Waals surface area contributed by atoms with Crippen LogP contribution in [-0.2, 0) is 0 Å². The van der Waals surface area contributed by atoms with Crippen LogP contribution in [0.25, 0.3) is 0 Å². The van der Waals surface area contributed by atoms with Crippen molar-refractivity contribution in [2.45, 2.75) is 73.6 Å². The molecule has 0 nitrogen and oxygen atoms in total. The van der Waals surface area contributed by atoms with Gasteiger partial charge in [-0.25, -0.2) is 0 Å². The number of hydrogen-bond acceptors (Lipinski definition) is 0. The fourth-order valence-electron chi connectivity index (χ4n) is 2.05. The molecule has 0 amide bonds. The molecular formula is C14H30. The summed E-state index contributed by atoms with van der Waals surface area (Å²) >= 11 is 0. The highest BCUT2D eigenvalue weighted by Gasteiger charge is 2.23. The first-order valence-electron chi connectivity index (χ1n) is 6.41. The summed E-state index contributed by atoms with van der Waals surface area (Å²) in [5.41, 5.74) is 0.503. The Bertz CT molecular complexity index is 129. The van der Waals surface area contributed by atoms with Crippen LogP contribution in [0.2, 0.25) is 0 Å². The van der Waals surface area contributed by atoms with E-state index in [2.05, 4.69) is 41.5 Å². The predicted octanol–water partition coefficient (Wildman–Crippen LogP) is 5.28. The lowest BCUT2D eigenvalue weighted by molar-refractivity contribution is 0.197. The van der Waals surface area contributed by atoms with Gasteiger partial charge in [-0.15, -0.1) is 0 Å². The van der Waals surface area contributed by atoms with Gasteiger partial charge < -0.3 is 0 Å². The Morgan fingerprint density at radius 1 is 0.929 bits per heavy atom. The lowest BCUT2D eigenvalue weighted by atomic mass is 9.74. The van der Waals surface area contributed by atoms with Crippen molar-refractivity contribution >= 4 is 0 Å². The van der Waals surface area contributed by atoms with Crippen LogP contribution in [0.5, 0.6) is 0 Å². The summed E-state index contributed by atoms with van der Waals surface area (Å²) in [5, 5.41) is 0.